The van der Waals surface area contributed by atoms with E-state index in [9.17, 15) is 9.59 Å². The molecule has 1 amide bonds. The van der Waals surface area contributed by atoms with E-state index in [1.807, 2.05) is 18.2 Å². The summed E-state index contributed by atoms with van der Waals surface area (Å²) in [7, 11) is 0. The van der Waals surface area contributed by atoms with Crippen LogP contribution >= 0.6 is 11.8 Å². The molecule has 1 rings (SSSR count). The Bertz CT molecular complexity index is 370. The van der Waals surface area contributed by atoms with Crippen molar-refractivity contribution < 1.29 is 14.7 Å². The molecule has 5 heteroatoms. The molecule has 0 aromatic heterocycles. The molecule has 0 aliphatic heterocycles. The van der Waals surface area contributed by atoms with Crippen molar-refractivity contribution in [1.29, 1.82) is 0 Å². The van der Waals surface area contributed by atoms with E-state index in [4.69, 9.17) is 5.11 Å². The standard InChI is InChI=1S/C13H17NO3S/c15-10-14-12(13(16)17)7-9-18-8-6-11-4-2-1-3-5-11/h1-5,10,12H,6-9H2,(H,14,15)(H,16,17). The Labute approximate surface area is 111 Å². The number of carbonyl (C=O) groups is 2. The molecule has 0 saturated carbocycles. The zero-order chi connectivity index (χ0) is 13.2. The van der Waals surface area contributed by atoms with Gasteiger partial charge < -0.3 is 10.4 Å². The second-order valence-corrected chi connectivity index (χ2v) is 5.04. The first kappa shape index (κ1) is 14.6. The number of nitrogens with one attached hydrogen (secondary N) is 1. The van der Waals surface area contributed by atoms with Gasteiger partial charge in [0.2, 0.25) is 6.41 Å². The summed E-state index contributed by atoms with van der Waals surface area (Å²) in [4.78, 5) is 21.0. The highest BCUT2D eigenvalue weighted by atomic mass is 32.2. The van der Waals surface area contributed by atoms with Crippen LogP contribution in [0.15, 0.2) is 30.3 Å². The lowest BCUT2D eigenvalue weighted by Gasteiger charge is -2.10. The van der Waals surface area contributed by atoms with E-state index in [1.165, 1.54) is 5.56 Å². The van der Waals surface area contributed by atoms with Gasteiger partial charge in [0, 0.05) is 0 Å². The van der Waals surface area contributed by atoms with Gasteiger partial charge in [0.1, 0.15) is 6.04 Å². The monoisotopic (exact) mass is 267 g/mol. The molecule has 18 heavy (non-hydrogen) atoms. The smallest absolute Gasteiger partial charge is 0.326 e. The van der Waals surface area contributed by atoms with Crippen LogP contribution in [0.2, 0.25) is 0 Å². The maximum atomic E-state index is 10.7. The summed E-state index contributed by atoms with van der Waals surface area (Å²) in [6.45, 7) is 0. The largest absolute Gasteiger partial charge is 0.480 e. The third-order valence-corrected chi connectivity index (χ3v) is 3.51. The van der Waals surface area contributed by atoms with Crippen LogP contribution in [0.4, 0.5) is 0 Å². The fourth-order valence-corrected chi connectivity index (χ4v) is 2.48. The van der Waals surface area contributed by atoms with E-state index >= 15 is 0 Å². The zero-order valence-electron chi connectivity index (χ0n) is 10.0. The third kappa shape index (κ3) is 5.72. The van der Waals surface area contributed by atoms with Crippen LogP contribution in [0.1, 0.15) is 12.0 Å². The predicted octanol–water partition coefficient (Wildman–Crippen LogP) is 1.55. The van der Waals surface area contributed by atoms with Gasteiger partial charge in [-0.1, -0.05) is 30.3 Å². The van der Waals surface area contributed by atoms with Crippen LogP contribution < -0.4 is 5.32 Å². The summed E-state index contributed by atoms with van der Waals surface area (Å²) in [5.41, 5.74) is 1.28. The number of hydrogen-bond donors (Lipinski definition) is 2. The molecule has 1 atom stereocenters. The minimum absolute atomic E-state index is 0.438. The number of thioether (sulfide) groups is 1. The van der Waals surface area contributed by atoms with Crippen molar-refractivity contribution in [1.82, 2.24) is 5.32 Å². The maximum absolute atomic E-state index is 10.7. The first-order valence-corrected chi connectivity index (χ1v) is 6.93. The average molecular weight is 267 g/mol. The number of hydrogen-bond acceptors (Lipinski definition) is 3. The Morgan fingerprint density at radius 1 is 1.33 bits per heavy atom. The van der Waals surface area contributed by atoms with Gasteiger partial charge >= 0.3 is 5.97 Å². The lowest BCUT2D eigenvalue weighted by atomic mass is 10.2. The van der Waals surface area contributed by atoms with Crippen LogP contribution in [-0.2, 0) is 16.0 Å². The van der Waals surface area contributed by atoms with Gasteiger partial charge in [-0.25, -0.2) is 4.79 Å². The lowest BCUT2D eigenvalue weighted by molar-refractivity contribution is -0.140. The van der Waals surface area contributed by atoms with Crippen molar-refractivity contribution in [2.45, 2.75) is 18.9 Å². The minimum Gasteiger partial charge on any atom is -0.480 e. The molecule has 0 saturated heterocycles. The summed E-state index contributed by atoms with van der Waals surface area (Å²) in [5.74, 6) is 0.702. The van der Waals surface area contributed by atoms with Crippen molar-refractivity contribution in [3.05, 3.63) is 35.9 Å². The van der Waals surface area contributed by atoms with Crippen LogP contribution in [0.25, 0.3) is 0 Å². The number of carbonyl (C=O) groups excluding carboxylic acids is 1. The molecular formula is C13H17NO3S. The van der Waals surface area contributed by atoms with Crippen LogP contribution in [0.5, 0.6) is 0 Å². The summed E-state index contributed by atoms with van der Waals surface area (Å²) >= 11 is 1.70. The number of aryl methyl sites for hydroxylation is 1. The molecule has 0 aliphatic rings. The normalized spacial score (nSPS) is 11.8. The molecule has 0 spiro atoms. The average Bonchev–Trinajstić information content (AvgIpc) is 2.38. The molecular weight excluding hydrogens is 250 g/mol. The van der Waals surface area contributed by atoms with E-state index in [2.05, 4.69) is 17.4 Å². The Hall–Kier alpha value is -1.49. The van der Waals surface area contributed by atoms with Gasteiger partial charge in [-0.15, -0.1) is 0 Å². The molecule has 1 aromatic rings. The van der Waals surface area contributed by atoms with Crippen molar-refractivity contribution in [3.8, 4) is 0 Å². The van der Waals surface area contributed by atoms with Crippen LogP contribution in [-0.4, -0.2) is 35.0 Å². The highest BCUT2D eigenvalue weighted by molar-refractivity contribution is 7.99. The zero-order valence-corrected chi connectivity index (χ0v) is 10.9. The number of aliphatic carboxylic acids is 1. The summed E-state index contributed by atoms with van der Waals surface area (Å²) in [5, 5.41) is 11.1. The van der Waals surface area contributed by atoms with Crippen molar-refractivity contribution >= 4 is 24.1 Å². The number of carboxylic acids is 1. The van der Waals surface area contributed by atoms with Crippen molar-refractivity contribution in [2.75, 3.05) is 11.5 Å². The van der Waals surface area contributed by atoms with Crippen LogP contribution in [0.3, 0.4) is 0 Å². The summed E-state index contributed by atoms with van der Waals surface area (Å²) in [6, 6.07) is 9.39. The number of carboxylic acid groups (broad SMARTS) is 1. The fraction of sp³-hybridized carbons (Fsp3) is 0.385. The topological polar surface area (TPSA) is 66.4 Å². The molecule has 1 unspecified atom stereocenters. The highest BCUT2D eigenvalue weighted by Gasteiger charge is 2.15. The number of amides is 1. The fourth-order valence-electron chi connectivity index (χ4n) is 1.50. The van der Waals surface area contributed by atoms with Gasteiger partial charge in [0.25, 0.3) is 0 Å². The highest BCUT2D eigenvalue weighted by Crippen LogP contribution is 2.09. The van der Waals surface area contributed by atoms with Crippen LogP contribution in [0, 0.1) is 0 Å². The summed E-state index contributed by atoms with van der Waals surface area (Å²) < 4.78 is 0. The first-order chi connectivity index (χ1) is 8.74. The molecule has 0 radical (unpaired) electrons. The molecule has 0 aliphatic carbocycles. The summed E-state index contributed by atoms with van der Waals surface area (Å²) in [6.07, 6.45) is 1.87. The molecule has 98 valence electrons. The quantitative estimate of drug-likeness (QED) is 0.526. The van der Waals surface area contributed by atoms with Gasteiger partial charge in [0.15, 0.2) is 0 Å². The Morgan fingerprint density at radius 2 is 2.06 bits per heavy atom. The SMILES string of the molecule is O=CNC(CCSCCc1ccccc1)C(=O)O. The third-order valence-electron chi connectivity index (χ3n) is 2.50. The van der Waals surface area contributed by atoms with Crippen molar-refractivity contribution in [2.24, 2.45) is 0 Å². The lowest BCUT2D eigenvalue weighted by Crippen LogP contribution is -2.36. The van der Waals surface area contributed by atoms with E-state index in [1.54, 1.807) is 11.8 Å². The Morgan fingerprint density at radius 3 is 2.67 bits per heavy atom. The van der Waals surface area contributed by atoms with Gasteiger partial charge in [-0.3, -0.25) is 4.79 Å². The molecule has 0 bridgehead atoms. The van der Waals surface area contributed by atoms with Crippen molar-refractivity contribution in [3.63, 3.8) is 0 Å². The maximum Gasteiger partial charge on any atom is 0.326 e. The van der Waals surface area contributed by atoms with E-state index in [0.717, 1.165) is 17.9 Å². The van der Waals surface area contributed by atoms with E-state index < -0.39 is 12.0 Å². The minimum atomic E-state index is -0.981. The molecule has 0 fully saturated rings. The van der Waals surface area contributed by atoms with Gasteiger partial charge in [0.05, 0.1) is 0 Å². The second-order valence-electron chi connectivity index (χ2n) is 3.81. The first-order valence-electron chi connectivity index (χ1n) is 5.78. The van der Waals surface area contributed by atoms with E-state index in [-0.39, 0.29) is 0 Å². The molecule has 4 nitrogen and oxygen atoms in total. The molecule has 2 N–H and O–H groups in total. The predicted molar refractivity (Wildman–Crippen MR) is 72.7 cm³/mol. The molecule has 1 aromatic carbocycles. The number of rotatable bonds is 9. The second kappa shape index (κ2) is 8.58. The Kier molecular flexibility index (Phi) is 6.94. The number of benzene rings is 1. The van der Waals surface area contributed by atoms with E-state index in [0.29, 0.717) is 12.8 Å². The van der Waals surface area contributed by atoms with Gasteiger partial charge in [-0.2, -0.15) is 11.8 Å². The molecule has 0 heterocycles. The Balaban J connectivity index is 2.14. The van der Waals surface area contributed by atoms with Gasteiger partial charge in [-0.05, 0) is 29.9 Å².